The van der Waals surface area contributed by atoms with Gasteiger partial charge in [0.15, 0.2) is 0 Å². The molecule has 0 spiro atoms. The number of thiophene rings is 1. The summed E-state index contributed by atoms with van der Waals surface area (Å²) < 4.78 is 10.6. The topological polar surface area (TPSA) is 81.4 Å². The Balaban J connectivity index is 1.75. The van der Waals surface area contributed by atoms with Gasteiger partial charge in [-0.1, -0.05) is 41.3 Å². The number of esters is 1. The highest BCUT2D eigenvalue weighted by atomic mass is 35.5. The average Bonchev–Trinajstić information content (AvgIpc) is 3.27. The quantitative estimate of drug-likeness (QED) is 0.407. The molecule has 168 valence electrons. The second-order valence-corrected chi connectivity index (χ2v) is 9.71. The van der Waals surface area contributed by atoms with Gasteiger partial charge in [-0.2, -0.15) is 0 Å². The number of aromatic nitrogens is 1. The lowest BCUT2D eigenvalue weighted by atomic mass is 9.88. The van der Waals surface area contributed by atoms with Gasteiger partial charge in [-0.3, -0.25) is 4.79 Å². The van der Waals surface area contributed by atoms with Crippen molar-refractivity contribution in [3.63, 3.8) is 0 Å². The molecule has 32 heavy (non-hydrogen) atoms. The van der Waals surface area contributed by atoms with E-state index in [1.807, 2.05) is 0 Å². The fourth-order valence-corrected chi connectivity index (χ4v) is 5.93. The molecule has 2 aromatic heterocycles. The lowest BCUT2D eigenvalue weighted by Crippen LogP contribution is -2.17. The first-order chi connectivity index (χ1) is 15.3. The van der Waals surface area contributed by atoms with Gasteiger partial charge in [-0.15, -0.1) is 11.3 Å². The predicted molar refractivity (Wildman–Crippen MR) is 126 cm³/mol. The number of fused-ring (bicyclic) bond motifs is 1. The van der Waals surface area contributed by atoms with Crippen LogP contribution in [-0.2, 0) is 17.6 Å². The largest absolute Gasteiger partial charge is 0.462 e. The van der Waals surface area contributed by atoms with Gasteiger partial charge in [0, 0.05) is 10.4 Å². The minimum Gasteiger partial charge on any atom is -0.462 e. The summed E-state index contributed by atoms with van der Waals surface area (Å²) in [6.45, 7) is 5.85. The highest BCUT2D eigenvalue weighted by Gasteiger charge is 2.31. The second-order valence-electron chi connectivity index (χ2n) is 7.79. The van der Waals surface area contributed by atoms with Crippen molar-refractivity contribution in [2.45, 2.75) is 40.0 Å². The van der Waals surface area contributed by atoms with Crippen LogP contribution in [0.1, 0.15) is 57.2 Å². The number of halogens is 2. The Kier molecular flexibility index (Phi) is 6.60. The summed E-state index contributed by atoms with van der Waals surface area (Å²) in [4.78, 5) is 27.2. The Morgan fingerprint density at radius 2 is 2.00 bits per heavy atom. The van der Waals surface area contributed by atoms with Gasteiger partial charge < -0.3 is 14.6 Å². The van der Waals surface area contributed by atoms with E-state index in [-0.39, 0.29) is 17.9 Å². The summed E-state index contributed by atoms with van der Waals surface area (Å²) in [6, 6.07) is 5.05. The molecule has 0 aliphatic heterocycles. The Morgan fingerprint density at radius 1 is 1.28 bits per heavy atom. The lowest BCUT2D eigenvalue weighted by molar-refractivity contribution is 0.0526. The van der Waals surface area contributed by atoms with Crippen molar-refractivity contribution in [1.29, 1.82) is 0 Å². The van der Waals surface area contributed by atoms with E-state index in [9.17, 15) is 9.59 Å². The third-order valence-corrected chi connectivity index (χ3v) is 7.31. The van der Waals surface area contributed by atoms with Crippen molar-refractivity contribution >= 4 is 51.4 Å². The van der Waals surface area contributed by atoms with E-state index in [0.717, 1.165) is 29.7 Å². The zero-order chi connectivity index (χ0) is 23.0. The monoisotopic (exact) mass is 492 g/mol. The third-order valence-electron chi connectivity index (χ3n) is 5.51. The number of carbonyl (C=O) groups excluding carboxylic acids is 2. The first-order valence-electron chi connectivity index (χ1n) is 10.3. The lowest BCUT2D eigenvalue weighted by Gasteiger charge is -2.18. The number of ether oxygens (including phenoxy) is 1. The number of hydrogen-bond acceptors (Lipinski definition) is 6. The van der Waals surface area contributed by atoms with Gasteiger partial charge in [0.1, 0.15) is 22.0 Å². The molecule has 0 bridgehead atoms. The number of rotatable bonds is 5. The summed E-state index contributed by atoms with van der Waals surface area (Å²) in [5.74, 6) is -0.0339. The maximum atomic E-state index is 13.4. The van der Waals surface area contributed by atoms with Crippen LogP contribution >= 0.6 is 34.5 Å². The number of hydrogen-bond donors (Lipinski definition) is 1. The molecule has 2 heterocycles. The molecule has 0 saturated carbocycles. The Morgan fingerprint density at radius 3 is 2.69 bits per heavy atom. The van der Waals surface area contributed by atoms with Crippen LogP contribution in [0.15, 0.2) is 22.7 Å². The standard InChI is InChI=1S/C23H22Cl2N2O4S/c1-4-30-23(29)18-13-9-8-11(2)10-16(13)32-22(18)26-21(28)17-12(3)31-27-20(17)19-14(24)6-5-7-15(19)25/h5-7,11H,4,8-10H2,1-3H3,(H,26,28)/t11-/m1/s1. The van der Waals surface area contributed by atoms with E-state index in [1.165, 1.54) is 11.3 Å². The van der Waals surface area contributed by atoms with Gasteiger partial charge in [0.05, 0.1) is 22.2 Å². The predicted octanol–water partition coefficient (Wildman–Crippen LogP) is 6.57. The molecular formula is C23H22Cl2N2O4S. The van der Waals surface area contributed by atoms with Crippen LogP contribution in [0.2, 0.25) is 10.0 Å². The molecule has 1 aliphatic carbocycles. The molecule has 9 heteroatoms. The minimum absolute atomic E-state index is 0.217. The van der Waals surface area contributed by atoms with E-state index >= 15 is 0 Å². The van der Waals surface area contributed by atoms with E-state index in [2.05, 4.69) is 17.4 Å². The molecule has 6 nitrogen and oxygen atoms in total. The summed E-state index contributed by atoms with van der Waals surface area (Å²) in [5, 5.41) is 8.13. The zero-order valence-corrected chi connectivity index (χ0v) is 20.2. The third kappa shape index (κ3) is 4.17. The first kappa shape index (κ1) is 22.8. The molecule has 0 fully saturated rings. The van der Waals surface area contributed by atoms with Crippen LogP contribution in [0.5, 0.6) is 0 Å². The molecule has 4 rings (SSSR count). The number of amides is 1. The normalized spacial score (nSPS) is 15.3. The van der Waals surface area contributed by atoms with Crippen molar-refractivity contribution < 1.29 is 18.8 Å². The average molecular weight is 493 g/mol. The van der Waals surface area contributed by atoms with E-state index in [1.54, 1.807) is 32.0 Å². The molecule has 1 aromatic carbocycles. The maximum Gasteiger partial charge on any atom is 0.341 e. The Labute approximate surface area is 199 Å². The van der Waals surface area contributed by atoms with Gasteiger partial charge in [-0.05, 0) is 56.7 Å². The van der Waals surface area contributed by atoms with Crippen molar-refractivity contribution in [2.24, 2.45) is 5.92 Å². The summed E-state index contributed by atoms with van der Waals surface area (Å²) in [7, 11) is 0. The fraction of sp³-hybridized carbons (Fsp3) is 0.348. The number of anilines is 1. The highest BCUT2D eigenvalue weighted by Crippen LogP contribution is 2.41. The SMILES string of the molecule is CCOC(=O)c1c(NC(=O)c2c(-c3c(Cl)cccc3Cl)noc2C)sc2c1CC[C@@H](C)C2. The molecule has 3 aromatic rings. The van der Waals surface area contributed by atoms with Gasteiger partial charge in [-0.25, -0.2) is 4.79 Å². The van der Waals surface area contributed by atoms with Crippen LogP contribution in [0.4, 0.5) is 5.00 Å². The molecule has 1 amide bonds. The van der Waals surface area contributed by atoms with Crippen LogP contribution < -0.4 is 5.32 Å². The number of nitrogens with zero attached hydrogens (tertiary/aromatic N) is 1. The number of nitrogens with one attached hydrogen (secondary N) is 1. The maximum absolute atomic E-state index is 13.4. The van der Waals surface area contributed by atoms with Crippen LogP contribution in [-0.4, -0.2) is 23.6 Å². The Hall–Kier alpha value is -2.35. The summed E-state index contributed by atoms with van der Waals surface area (Å²) in [6.07, 6.45) is 2.64. The molecule has 0 radical (unpaired) electrons. The van der Waals surface area contributed by atoms with Gasteiger partial charge in [0.2, 0.25) is 0 Å². The number of aryl methyl sites for hydroxylation is 1. The summed E-state index contributed by atoms with van der Waals surface area (Å²) in [5.41, 5.74) is 2.30. The summed E-state index contributed by atoms with van der Waals surface area (Å²) >= 11 is 14.1. The van der Waals surface area contributed by atoms with Crippen LogP contribution in [0.3, 0.4) is 0 Å². The van der Waals surface area contributed by atoms with Gasteiger partial charge in [0.25, 0.3) is 5.91 Å². The smallest absolute Gasteiger partial charge is 0.341 e. The van der Waals surface area contributed by atoms with Crippen molar-refractivity contribution in [2.75, 3.05) is 11.9 Å². The molecular weight excluding hydrogens is 471 g/mol. The second kappa shape index (κ2) is 9.25. The van der Waals surface area contributed by atoms with Crippen LogP contribution in [0.25, 0.3) is 11.3 Å². The minimum atomic E-state index is -0.452. The molecule has 1 aliphatic rings. The molecule has 0 unspecified atom stereocenters. The molecule has 1 atom stereocenters. The molecule has 0 saturated heterocycles. The Bertz CT molecular complexity index is 1180. The fourth-order valence-electron chi connectivity index (χ4n) is 3.96. The van der Waals surface area contributed by atoms with Crippen LogP contribution in [0, 0.1) is 12.8 Å². The highest BCUT2D eigenvalue weighted by molar-refractivity contribution is 7.17. The van der Waals surface area contributed by atoms with Crippen molar-refractivity contribution in [3.8, 4) is 11.3 Å². The van der Waals surface area contributed by atoms with E-state index in [4.69, 9.17) is 32.5 Å². The molecule has 1 N–H and O–H groups in total. The van der Waals surface area contributed by atoms with E-state index in [0.29, 0.717) is 37.9 Å². The number of carbonyl (C=O) groups is 2. The first-order valence-corrected chi connectivity index (χ1v) is 11.9. The van der Waals surface area contributed by atoms with Crippen molar-refractivity contribution in [3.05, 3.63) is 55.6 Å². The van der Waals surface area contributed by atoms with Gasteiger partial charge >= 0.3 is 5.97 Å². The zero-order valence-electron chi connectivity index (χ0n) is 17.9. The van der Waals surface area contributed by atoms with E-state index < -0.39 is 11.9 Å². The number of benzene rings is 1. The van der Waals surface area contributed by atoms with Crippen molar-refractivity contribution in [1.82, 2.24) is 5.16 Å².